The molecule has 0 bridgehead atoms. The molecule has 0 heterocycles. The van der Waals surface area contributed by atoms with E-state index in [4.69, 9.17) is 0 Å². The Labute approximate surface area is 53.3 Å². The summed E-state index contributed by atoms with van der Waals surface area (Å²) in [7, 11) is 0. The van der Waals surface area contributed by atoms with Crippen LogP contribution < -0.4 is 0 Å². The van der Waals surface area contributed by atoms with Gasteiger partial charge in [-0.25, -0.2) is 4.79 Å². The lowest BCUT2D eigenvalue weighted by atomic mass is 10.5. The Hall–Kier alpha value is -1.12. The molecule has 9 heavy (non-hydrogen) atoms. The predicted molar refractivity (Wildman–Crippen MR) is 31.8 cm³/mol. The van der Waals surface area contributed by atoms with Crippen LogP contribution in [-0.4, -0.2) is 18.9 Å². The lowest BCUT2D eigenvalue weighted by Gasteiger charge is -1.91. The van der Waals surface area contributed by atoms with E-state index in [2.05, 4.69) is 4.74 Å². The molecule has 0 aromatic rings. The third kappa shape index (κ3) is 4.74. The molecule has 0 radical (unpaired) electrons. The van der Waals surface area contributed by atoms with E-state index in [1.54, 1.807) is 6.92 Å². The maximum Gasteiger partial charge on any atom is 0.330 e. The van der Waals surface area contributed by atoms with Gasteiger partial charge in [0.05, 0.1) is 6.61 Å². The third-order valence-electron chi connectivity index (χ3n) is 0.597. The summed E-state index contributed by atoms with van der Waals surface area (Å²) in [6.45, 7) is 2.04. The molecule has 0 aliphatic carbocycles. The molecular weight excluding hydrogens is 120 g/mol. The van der Waals surface area contributed by atoms with Gasteiger partial charge in [0.25, 0.3) is 0 Å². The molecule has 0 aliphatic rings. The molecular formula is C6H8O3. The van der Waals surface area contributed by atoms with Crippen molar-refractivity contribution in [2.75, 3.05) is 6.61 Å². The number of ether oxygens (including phenoxy) is 1. The molecule has 0 aromatic heterocycles. The highest BCUT2D eigenvalue weighted by Gasteiger charge is 1.89. The molecule has 0 amide bonds. The first-order valence-electron chi connectivity index (χ1n) is 2.60. The zero-order valence-electron chi connectivity index (χ0n) is 5.16. The standard InChI is InChI=1S/C6H8O3/c1-2-9-6(8)4-3-5-7/h3-5H,2H2,1H3/b4-3-. The van der Waals surface area contributed by atoms with Crippen LogP contribution in [0, 0.1) is 0 Å². The Kier molecular flexibility index (Phi) is 4.40. The van der Waals surface area contributed by atoms with Crippen LogP contribution in [0.5, 0.6) is 0 Å². The average Bonchev–Trinajstić information content (AvgIpc) is 1.85. The minimum absolute atomic E-state index is 0.335. The van der Waals surface area contributed by atoms with Crippen LogP contribution in [0.15, 0.2) is 12.2 Å². The van der Waals surface area contributed by atoms with Crippen LogP contribution in [-0.2, 0) is 14.3 Å². The molecule has 0 N–H and O–H groups in total. The van der Waals surface area contributed by atoms with Crippen LogP contribution in [0.1, 0.15) is 6.92 Å². The van der Waals surface area contributed by atoms with Gasteiger partial charge in [0, 0.05) is 6.08 Å². The molecule has 0 aliphatic heterocycles. The number of carbonyl (C=O) groups is 2. The second-order valence-electron chi connectivity index (χ2n) is 1.25. The highest BCUT2D eigenvalue weighted by molar-refractivity contribution is 5.86. The number of carbonyl (C=O) groups excluding carboxylic acids is 2. The molecule has 0 atom stereocenters. The van der Waals surface area contributed by atoms with E-state index in [1.165, 1.54) is 0 Å². The lowest BCUT2D eigenvalue weighted by molar-refractivity contribution is -0.137. The summed E-state index contributed by atoms with van der Waals surface area (Å²) in [5.74, 6) is -0.482. The van der Waals surface area contributed by atoms with Gasteiger partial charge < -0.3 is 4.74 Å². The van der Waals surface area contributed by atoms with Gasteiger partial charge in [0.1, 0.15) is 6.29 Å². The maximum atomic E-state index is 10.3. The van der Waals surface area contributed by atoms with E-state index in [9.17, 15) is 9.59 Å². The second-order valence-corrected chi connectivity index (χ2v) is 1.25. The van der Waals surface area contributed by atoms with Crippen LogP contribution in [0.25, 0.3) is 0 Å². The number of allylic oxidation sites excluding steroid dienone is 1. The first-order valence-corrected chi connectivity index (χ1v) is 2.60. The fraction of sp³-hybridized carbons (Fsp3) is 0.333. The van der Waals surface area contributed by atoms with Crippen molar-refractivity contribution in [1.82, 2.24) is 0 Å². The molecule has 50 valence electrons. The number of hydrogen-bond acceptors (Lipinski definition) is 3. The topological polar surface area (TPSA) is 43.4 Å². The van der Waals surface area contributed by atoms with Crippen molar-refractivity contribution < 1.29 is 14.3 Å². The molecule has 3 nitrogen and oxygen atoms in total. The highest BCUT2D eigenvalue weighted by Crippen LogP contribution is 1.77. The Morgan fingerprint density at radius 2 is 2.33 bits per heavy atom. The highest BCUT2D eigenvalue weighted by atomic mass is 16.5. The minimum atomic E-state index is -0.482. The summed E-state index contributed by atoms with van der Waals surface area (Å²) < 4.78 is 4.46. The zero-order chi connectivity index (χ0) is 7.11. The fourth-order valence-corrected chi connectivity index (χ4v) is 0.308. The Bertz CT molecular complexity index is 126. The van der Waals surface area contributed by atoms with Gasteiger partial charge >= 0.3 is 5.97 Å². The van der Waals surface area contributed by atoms with Crippen LogP contribution in [0.4, 0.5) is 0 Å². The van der Waals surface area contributed by atoms with Crippen molar-refractivity contribution in [3.63, 3.8) is 0 Å². The Morgan fingerprint density at radius 1 is 1.67 bits per heavy atom. The number of rotatable bonds is 3. The lowest BCUT2D eigenvalue weighted by Crippen LogP contribution is -1.98. The van der Waals surface area contributed by atoms with Crippen molar-refractivity contribution in [3.8, 4) is 0 Å². The van der Waals surface area contributed by atoms with Gasteiger partial charge in [-0.3, -0.25) is 4.79 Å². The normalized spacial score (nSPS) is 9.44. The van der Waals surface area contributed by atoms with Gasteiger partial charge in [0.2, 0.25) is 0 Å². The average molecular weight is 128 g/mol. The number of aldehydes is 1. The van der Waals surface area contributed by atoms with Gasteiger partial charge in [-0.1, -0.05) is 0 Å². The van der Waals surface area contributed by atoms with E-state index in [0.717, 1.165) is 12.2 Å². The van der Waals surface area contributed by atoms with E-state index in [0.29, 0.717) is 12.9 Å². The molecule has 0 spiro atoms. The summed E-state index contributed by atoms with van der Waals surface area (Å²) in [6, 6.07) is 0. The van der Waals surface area contributed by atoms with Gasteiger partial charge in [-0.2, -0.15) is 0 Å². The van der Waals surface area contributed by atoms with Crippen LogP contribution in [0.3, 0.4) is 0 Å². The Morgan fingerprint density at radius 3 is 2.78 bits per heavy atom. The van der Waals surface area contributed by atoms with Gasteiger partial charge in [-0.15, -0.1) is 0 Å². The van der Waals surface area contributed by atoms with E-state index >= 15 is 0 Å². The first-order chi connectivity index (χ1) is 4.31. The summed E-state index contributed by atoms with van der Waals surface area (Å²) in [6.07, 6.45) is 2.70. The molecule has 0 saturated carbocycles. The molecule has 0 unspecified atom stereocenters. The van der Waals surface area contributed by atoms with E-state index in [1.807, 2.05) is 0 Å². The second kappa shape index (κ2) is 5.03. The molecule has 0 fully saturated rings. The summed E-state index contributed by atoms with van der Waals surface area (Å²) in [4.78, 5) is 20.0. The van der Waals surface area contributed by atoms with Crippen molar-refractivity contribution in [2.24, 2.45) is 0 Å². The largest absolute Gasteiger partial charge is 0.463 e. The fourth-order valence-electron chi connectivity index (χ4n) is 0.308. The minimum Gasteiger partial charge on any atom is -0.463 e. The Balaban J connectivity index is 3.49. The van der Waals surface area contributed by atoms with Crippen molar-refractivity contribution in [2.45, 2.75) is 6.92 Å². The van der Waals surface area contributed by atoms with Crippen molar-refractivity contribution in [3.05, 3.63) is 12.2 Å². The van der Waals surface area contributed by atoms with E-state index in [-0.39, 0.29) is 0 Å². The maximum absolute atomic E-state index is 10.3. The summed E-state index contributed by atoms with van der Waals surface area (Å²) >= 11 is 0. The number of esters is 1. The molecule has 3 heteroatoms. The predicted octanol–water partition coefficient (Wildman–Crippen LogP) is 0.305. The van der Waals surface area contributed by atoms with Crippen LogP contribution in [0.2, 0.25) is 0 Å². The van der Waals surface area contributed by atoms with Crippen molar-refractivity contribution in [1.29, 1.82) is 0 Å². The van der Waals surface area contributed by atoms with Crippen molar-refractivity contribution >= 4 is 12.3 Å². The molecule has 0 aromatic carbocycles. The number of hydrogen-bond donors (Lipinski definition) is 0. The van der Waals surface area contributed by atoms with Crippen LogP contribution >= 0.6 is 0 Å². The first kappa shape index (κ1) is 7.88. The molecule has 0 rings (SSSR count). The quantitative estimate of drug-likeness (QED) is 0.312. The SMILES string of the molecule is CCOC(=O)/C=C\C=O. The molecule has 0 saturated heterocycles. The monoisotopic (exact) mass is 128 g/mol. The third-order valence-corrected chi connectivity index (χ3v) is 0.597. The smallest absolute Gasteiger partial charge is 0.330 e. The van der Waals surface area contributed by atoms with Gasteiger partial charge in [0.15, 0.2) is 0 Å². The van der Waals surface area contributed by atoms with Gasteiger partial charge in [-0.05, 0) is 13.0 Å². The van der Waals surface area contributed by atoms with E-state index < -0.39 is 5.97 Å². The zero-order valence-corrected chi connectivity index (χ0v) is 5.16. The summed E-state index contributed by atoms with van der Waals surface area (Å²) in [5, 5.41) is 0. The summed E-state index contributed by atoms with van der Waals surface area (Å²) in [5.41, 5.74) is 0.